The minimum absolute atomic E-state index is 0.00127. The Kier molecular flexibility index (Phi) is 7.99. The molecule has 1 amide bonds. The van der Waals surface area contributed by atoms with Gasteiger partial charge in [0.1, 0.15) is 11.8 Å². The molecule has 0 radical (unpaired) electrons. The summed E-state index contributed by atoms with van der Waals surface area (Å²) in [6.45, 7) is 3.77. The lowest BCUT2D eigenvalue weighted by atomic mass is 10.1. The molecule has 1 aromatic carbocycles. The number of allylic oxidation sites excluding steroid dienone is 1. The Morgan fingerprint density at radius 1 is 1.14 bits per heavy atom. The first kappa shape index (κ1) is 24.3. The van der Waals surface area contributed by atoms with Gasteiger partial charge in [-0.05, 0) is 49.9 Å². The summed E-state index contributed by atoms with van der Waals surface area (Å²) in [7, 11) is 0. The lowest BCUT2D eigenvalue weighted by molar-refractivity contribution is -0.118. The van der Waals surface area contributed by atoms with E-state index in [0.29, 0.717) is 41.8 Å². The Labute approximate surface area is 204 Å². The molecule has 0 saturated heterocycles. The molecule has 0 unspecified atom stereocenters. The van der Waals surface area contributed by atoms with Crippen LogP contribution in [0.4, 0.5) is 10.1 Å². The van der Waals surface area contributed by atoms with Crippen molar-refractivity contribution in [2.24, 2.45) is 0 Å². The second-order valence-electron chi connectivity index (χ2n) is 8.76. The fraction of sp³-hybridized carbons (Fsp3) is 0.370. The Hall–Kier alpha value is -3.86. The number of carbonyl (C=O) groups is 1. The number of amides is 1. The first-order valence-corrected chi connectivity index (χ1v) is 12.0. The van der Waals surface area contributed by atoms with Gasteiger partial charge in [0.05, 0.1) is 11.5 Å². The number of anilines is 1. The predicted molar refractivity (Wildman–Crippen MR) is 130 cm³/mol. The lowest BCUT2D eigenvalue weighted by Gasteiger charge is -2.23. The summed E-state index contributed by atoms with van der Waals surface area (Å²) in [6.07, 6.45) is 5.57. The first-order chi connectivity index (χ1) is 17.0. The van der Waals surface area contributed by atoms with E-state index < -0.39 is 5.83 Å². The molecule has 7 nitrogen and oxygen atoms in total. The van der Waals surface area contributed by atoms with Crippen LogP contribution in [0.2, 0.25) is 0 Å². The summed E-state index contributed by atoms with van der Waals surface area (Å²) in [6, 6.07) is 14.8. The average molecular weight is 474 g/mol. The van der Waals surface area contributed by atoms with Crippen molar-refractivity contribution in [1.82, 2.24) is 15.1 Å². The molecule has 0 spiro atoms. The summed E-state index contributed by atoms with van der Waals surface area (Å²) in [5.74, 6) is 1.29. The summed E-state index contributed by atoms with van der Waals surface area (Å²) in [5, 5.41) is 13.2. The molecule has 8 heteroatoms. The molecule has 0 aliphatic heterocycles. The van der Waals surface area contributed by atoms with Crippen molar-refractivity contribution in [1.29, 1.82) is 5.26 Å². The minimum Gasteiger partial charge on any atom is -0.339 e. The Morgan fingerprint density at radius 3 is 2.74 bits per heavy atom. The highest BCUT2D eigenvalue weighted by Gasteiger charge is 2.28. The van der Waals surface area contributed by atoms with Gasteiger partial charge in [0.2, 0.25) is 11.8 Å². The smallest absolute Gasteiger partial charge is 0.227 e. The van der Waals surface area contributed by atoms with Crippen LogP contribution in [0.1, 0.15) is 68.3 Å². The zero-order valence-corrected chi connectivity index (χ0v) is 19.6. The van der Waals surface area contributed by atoms with Crippen LogP contribution < -0.4 is 4.90 Å². The molecule has 3 aromatic rings. The molecule has 4 rings (SSSR count). The van der Waals surface area contributed by atoms with Gasteiger partial charge in [0.15, 0.2) is 5.82 Å². The second kappa shape index (κ2) is 11.5. The van der Waals surface area contributed by atoms with Crippen LogP contribution in [0.3, 0.4) is 0 Å². The van der Waals surface area contributed by atoms with Gasteiger partial charge in [-0.2, -0.15) is 10.2 Å². The van der Waals surface area contributed by atoms with Crippen LogP contribution in [0.5, 0.6) is 0 Å². The van der Waals surface area contributed by atoms with Gasteiger partial charge < -0.3 is 9.42 Å². The Balaban J connectivity index is 1.40. The third-order valence-corrected chi connectivity index (χ3v) is 5.93. The monoisotopic (exact) mass is 473 g/mol. The van der Waals surface area contributed by atoms with Gasteiger partial charge in [0.25, 0.3) is 0 Å². The maximum Gasteiger partial charge on any atom is 0.227 e. The fourth-order valence-corrected chi connectivity index (χ4v) is 3.87. The highest BCUT2D eigenvalue weighted by molar-refractivity contribution is 5.94. The van der Waals surface area contributed by atoms with E-state index in [2.05, 4.69) is 21.7 Å². The maximum atomic E-state index is 13.2. The molecule has 1 aliphatic rings. The number of hydrogen-bond acceptors (Lipinski definition) is 6. The lowest BCUT2D eigenvalue weighted by Crippen LogP contribution is -2.31. The molecule has 35 heavy (non-hydrogen) atoms. The summed E-state index contributed by atoms with van der Waals surface area (Å²) in [5.41, 5.74) is 2.50. The van der Waals surface area contributed by atoms with Crippen molar-refractivity contribution in [3.8, 4) is 17.3 Å². The predicted octanol–water partition coefficient (Wildman–Crippen LogP) is 5.89. The van der Waals surface area contributed by atoms with E-state index in [1.165, 1.54) is 0 Å². The minimum atomic E-state index is -0.505. The molecule has 1 aliphatic carbocycles. The second-order valence-corrected chi connectivity index (χ2v) is 8.76. The van der Waals surface area contributed by atoms with E-state index in [-0.39, 0.29) is 18.7 Å². The largest absolute Gasteiger partial charge is 0.339 e. The van der Waals surface area contributed by atoms with Gasteiger partial charge >= 0.3 is 0 Å². The Bertz CT molecular complexity index is 1230. The van der Waals surface area contributed by atoms with E-state index in [1.54, 1.807) is 17.0 Å². The number of aryl methyl sites for hydroxylation is 1. The number of pyridine rings is 1. The third kappa shape index (κ3) is 6.82. The van der Waals surface area contributed by atoms with Crippen LogP contribution in [-0.4, -0.2) is 27.6 Å². The molecular weight excluding hydrogens is 445 g/mol. The average Bonchev–Trinajstić information content (AvgIpc) is 3.62. The van der Waals surface area contributed by atoms with Crippen molar-refractivity contribution in [3.05, 3.63) is 72.3 Å². The zero-order valence-electron chi connectivity index (χ0n) is 19.6. The Morgan fingerprint density at radius 2 is 1.97 bits per heavy atom. The number of carbonyl (C=O) groups excluding carboxylic acids is 1. The number of aromatic nitrogens is 3. The summed E-state index contributed by atoms with van der Waals surface area (Å²) < 4.78 is 18.6. The fourth-order valence-electron chi connectivity index (χ4n) is 3.87. The van der Waals surface area contributed by atoms with Gasteiger partial charge in [0, 0.05) is 43.0 Å². The van der Waals surface area contributed by atoms with E-state index in [9.17, 15) is 9.18 Å². The van der Waals surface area contributed by atoms with Gasteiger partial charge in [-0.1, -0.05) is 36.4 Å². The van der Waals surface area contributed by atoms with E-state index in [1.807, 2.05) is 36.4 Å². The molecule has 0 N–H and O–H groups in total. The SMILES string of the molecule is C=C(F)CCC(=O)N(CCCCCc1nc(C2CC2)no1)c1cccc(-c2cccc(C#N)n2)c1. The van der Waals surface area contributed by atoms with E-state index in [0.717, 1.165) is 43.5 Å². The maximum absolute atomic E-state index is 13.2. The van der Waals surface area contributed by atoms with Crippen LogP contribution in [0, 0.1) is 11.3 Å². The number of halogens is 1. The molecule has 180 valence electrons. The third-order valence-electron chi connectivity index (χ3n) is 5.93. The van der Waals surface area contributed by atoms with Gasteiger partial charge in [-0.15, -0.1) is 0 Å². The van der Waals surface area contributed by atoms with Crippen molar-refractivity contribution in [2.75, 3.05) is 11.4 Å². The van der Waals surface area contributed by atoms with Gasteiger partial charge in [-0.25, -0.2) is 9.37 Å². The molecule has 1 fully saturated rings. The van der Waals surface area contributed by atoms with Crippen molar-refractivity contribution in [2.45, 2.75) is 57.3 Å². The molecule has 1 saturated carbocycles. The molecule has 2 aromatic heterocycles. The summed E-state index contributed by atoms with van der Waals surface area (Å²) >= 11 is 0. The summed E-state index contributed by atoms with van der Waals surface area (Å²) in [4.78, 5) is 23.5. The van der Waals surface area contributed by atoms with Gasteiger partial charge in [-0.3, -0.25) is 4.79 Å². The number of rotatable bonds is 12. The molecule has 0 atom stereocenters. The van der Waals surface area contributed by atoms with Crippen molar-refractivity contribution < 1.29 is 13.7 Å². The quantitative estimate of drug-likeness (QED) is 0.304. The number of nitrogens with zero attached hydrogens (tertiary/aromatic N) is 5. The normalized spacial score (nSPS) is 12.8. The molecule has 2 heterocycles. The van der Waals surface area contributed by atoms with Crippen molar-refractivity contribution >= 4 is 11.6 Å². The number of unbranched alkanes of at least 4 members (excludes halogenated alkanes) is 2. The number of nitriles is 1. The van der Waals surface area contributed by atoms with Crippen LogP contribution in [0.25, 0.3) is 11.3 Å². The topological polar surface area (TPSA) is 95.9 Å². The van der Waals surface area contributed by atoms with E-state index in [4.69, 9.17) is 9.78 Å². The number of hydrogen-bond donors (Lipinski definition) is 0. The van der Waals surface area contributed by atoms with Crippen LogP contribution in [-0.2, 0) is 11.2 Å². The van der Waals surface area contributed by atoms with Crippen LogP contribution >= 0.6 is 0 Å². The van der Waals surface area contributed by atoms with E-state index >= 15 is 0 Å². The molecular formula is C27H28FN5O2. The van der Waals surface area contributed by atoms with Crippen molar-refractivity contribution in [3.63, 3.8) is 0 Å². The highest BCUT2D eigenvalue weighted by atomic mass is 19.1. The first-order valence-electron chi connectivity index (χ1n) is 12.0. The molecule has 0 bridgehead atoms. The highest BCUT2D eigenvalue weighted by Crippen LogP contribution is 2.38. The number of benzene rings is 1. The zero-order chi connectivity index (χ0) is 24.6. The van der Waals surface area contributed by atoms with Crippen LogP contribution in [0.15, 0.2) is 59.4 Å². The standard InChI is InChI=1S/C27H28FN5O2/c1-19(28)12-15-26(34)33(16-4-2-3-11-25-31-27(32-35-25)20-13-14-20)23-9-5-7-21(17-23)24-10-6-8-22(18-29)30-24/h5-10,17,20H,1-4,11-16H2.